The van der Waals surface area contributed by atoms with E-state index in [-0.39, 0.29) is 0 Å². The fourth-order valence-corrected chi connectivity index (χ4v) is 1.95. The van der Waals surface area contributed by atoms with Crippen molar-refractivity contribution in [3.8, 4) is 11.5 Å². The molecule has 126 valence electrons. The minimum atomic E-state index is 0.494. The first-order valence-electron chi connectivity index (χ1n) is 7.62. The molecule has 0 saturated heterocycles. The molecule has 0 aliphatic heterocycles. The maximum absolute atomic E-state index is 5.74. The summed E-state index contributed by atoms with van der Waals surface area (Å²) >= 11 is 0. The van der Waals surface area contributed by atoms with E-state index >= 15 is 0 Å². The number of aromatic nitrogens is 2. The number of ether oxygens (including phenoxy) is 2. The molecule has 7 heteroatoms. The van der Waals surface area contributed by atoms with Crippen LogP contribution in [-0.2, 0) is 6.54 Å². The normalized spacial score (nSPS) is 10.8. The molecule has 7 nitrogen and oxygen atoms in total. The van der Waals surface area contributed by atoms with Gasteiger partial charge in [-0.25, -0.2) is 0 Å². The van der Waals surface area contributed by atoms with E-state index in [1.807, 2.05) is 62.1 Å². The number of hydrogen-bond donors (Lipinski definition) is 0. The van der Waals surface area contributed by atoms with Gasteiger partial charge in [-0.2, -0.15) is 0 Å². The monoisotopic (exact) mass is 320 g/mol. The van der Waals surface area contributed by atoms with Crippen molar-refractivity contribution in [1.82, 2.24) is 15.1 Å². The van der Waals surface area contributed by atoms with E-state index in [0.29, 0.717) is 38.2 Å². The molecule has 0 bridgehead atoms. The standard InChI is InChI=1S/C16H24N4O3/c1-5-21-13-7-6-8-14(11-13)22-10-9-20(4)16-18-17-15(23-16)12-19(2)3/h6-8,11H,5,9-10,12H2,1-4H3. The Hall–Kier alpha value is -2.28. The summed E-state index contributed by atoms with van der Waals surface area (Å²) in [4.78, 5) is 3.85. The van der Waals surface area contributed by atoms with Crippen LogP contribution in [0.1, 0.15) is 12.8 Å². The summed E-state index contributed by atoms with van der Waals surface area (Å²) in [5.74, 6) is 2.19. The lowest BCUT2D eigenvalue weighted by Gasteiger charge is -2.15. The Labute approximate surface area is 136 Å². The smallest absolute Gasteiger partial charge is 0.318 e. The molecule has 2 rings (SSSR count). The Morgan fingerprint density at radius 3 is 2.52 bits per heavy atom. The van der Waals surface area contributed by atoms with Gasteiger partial charge in [0.25, 0.3) is 0 Å². The molecular formula is C16H24N4O3. The van der Waals surface area contributed by atoms with Gasteiger partial charge in [0.15, 0.2) is 0 Å². The van der Waals surface area contributed by atoms with Crippen molar-refractivity contribution in [2.24, 2.45) is 0 Å². The van der Waals surface area contributed by atoms with E-state index in [1.165, 1.54) is 0 Å². The summed E-state index contributed by atoms with van der Waals surface area (Å²) in [5.41, 5.74) is 0. The largest absolute Gasteiger partial charge is 0.494 e. The molecule has 1 aromatic carbocycles. The van der Waals surface area contributed by atoms with Gasteiger partial charge in [-0.3, -0.25) is 0 Å². The van der Waals surface area contributed by atoms with Crippen molar-refractivity contribution in [2.75, 3.05) is 45.8 Å². The maximum atomic E-state index is 5.74. The number of hydrogen-bond acceptors (Lipinski definition) is 7. The molecule has 0 fully saturated rings. The third-order valence-electron chi connectivity index (χ3n) is 3.05. The predicted molar refractivity (Wildman–Crippen MR) is 88.1 cm³/mol. The molecule has 0 amide bonds. The molecule has 0 N–H and O–H groups in total. The second-order valence-electron chi connectivity index (χ2n) is 5.39. The average Bonchev–Trinajstić information content (AvgIpc) is 2.96. The van der Waals surface area contributed by atoms with Crippen molar-refractivity contribution in [1.29, 1.82) is 0 Å². The second kappa shape index (κ2) is 8.38. The predicted octanol–water partition coefficient (Wildman–Crippen LogP) is 2.05. The van der Waals surface area contributed by atoms with Crippen molar-refractivity contribution in [3.63, 3.8) is 0 Å². The van der Waals surface area contributed by atoms with E-state index in [9.17, 15) is 0 Å². The number of rotatable bonds is 9. The molecule has 0 aliphatic carbocycles. The molecule has 0 radical (unpaired) electrons. The summed E-state index contributed by atoms with van der Waals surface area (Å²) in [6.45, 7) is 4.37. The van der Waals surface area contributed by atoms with Gasteiger partial charge in [0.05, 0.1) is 19.7 Å². The van der Waals surface area contributed by atoms with Gasteiger partial charge in [0.2, 0.25) is 5.89 Å². The van der Waals surface area contributed by atoms with E-state index < -0.39 is 0 Å². The molecule has 2 aromatic rings. The molecule has 0 spiro atoms. The summed E-state index contributed by atoms with van der Waals surface area (Å²) in [7, 11) is 5.81. The molecule has 1 heterocycles. The van der Waals surface area contributed by atoms with Crippen LogP contribution in [0.15, 0.2) is 28.7 Å². The molecule has 23 heavy (non-hydrogen) atoms. The van der Waals surface area contributed by atoms with Crippen LogP contribution in [0, 0.1) is 0 Å². The van der Waals surface area contributed by atoms with E-state index in [1.54, 1.807) is 0 Å². The van der Waals surface area contributed by atoms with E-state index in [2.05, 4.69) is 10.2 Å². The van der Waals surface area contributed by atoms with Gasteiger partial charge >= 0.3 is 6.01 Å². The number of anilines is 1. The van der Waals surface area contributed by atoms with E-state index in [0.717, 1.165) is 11.5 Å². The molecule has 0 aliphatic rings. The van der Waals surface area contributed by atoms with Gasteiger partial charge in [-0.05, 0) is 33.2 Å². The molecular weight excluding hydrogens is 296 g/mol. The van der Waals surface area contributed by atoms with Gasteiger partial charge in [-0.1, -0.05) is 11.2 Å². The highest BCUT2D eigenvalue weighted by Crippen LogP contribution is 2.19. The summed E-state index contributed by atoms with van der Waals surface area (Å²) in [6.07, 6.45) is 0. The van der Waals surface area contributed by atoms with Gasteiger partial charge in [0, 0.05) is 13.1 Å². The number of nitrogens with zero attached hydrogens (tertiary/aromatic N) is 4. The third-order valence-corrected chi connectivity index (χ3v) is 3.05. The highest BCUT2D eigenvalue weighted by Gasteiger charge is 2.11. The summed E-state index contributed by atoms with van der Waals surface area (Å²) < 4.78 is 16.8. The first-order chi connectivity index (χ1) is 11.1. The van der Waals surface area contributed by atoms with Gasteiger partial charge in [-0.15, -0.1) is 5.10 Å². The van der Waals surface area contributed by atoms with Crippen molar-refractivity contribution in [3.05, 3.63) is 30.2 Å². The first kappa shape index (κ1) is 17.1. The van der Waals surface area contributed by atoms with Crippen LogP contribution >= 0.6 is 0 Å². The SMILES string of the molecule is CCOc1cccc(OCCN(C)c2nnc(CN(C)C)o2)c1. The van der Waals surface area contributed by atoms with Crippen LogP contribution in [0.5, 0.6) is 11.5 Å². The van der Waals surface area contributed by atoms with Gasteiger partial charge < -0.3 is 23.7 Å². The number of likely N-dealkylation sites (N-methyl/N-ethyl adjacent to an activating group) is 1. The van der Waals surface area contributed by atoms with Crippen molar-refractivity contribution >= 4 is 6.01 Å². The quantitative estimate of drug-likeness (QED) is 0.700. The number of benzene rings is 1. The van der Waals surface area contributed by atoms with Crippen LogP contribution in [0.4, 0.5) is 6.01 Å². The zero-order valence-corrected chi connectivity index (χ0v) is 14.2. The highest BCUT2D eigenvalue weighted by molar-refractivity contribution is 5.33. The lowest BCUT2D eigenvalue weighted by molar-refractivity contribution is 0.311. The molecule has 1 aromatic heterocycles. The zero-order chi connectivity index (χ0) is 16.7. The van der Waals surface area contributed by atoms with Crippen molar-refractivity contribution < 1.29 is 13.9 Å². The molecule has 0 unspecified atom stereocenters. The minimum absolute atomic E-state index is 0.494. The Kier molecular flexibility index (Phi) is 6.22. The minimum Gasteiger partial charge on any atom is -0.494 e. The van der Waals surface area contributed by atoms with Gasteiger partial charge in [0.1, 0.15) is 18.1 Å². The maximum Gasteiger partial charge on any atom is 0.318 e. The highest BCUT2D eigenvalue weighted by atomic mass is 16.5. The molecule has 0 saturated carbocycles. The van der Waals surface area contributed by atoms with Crippen molar-refractivity contribution in [2.45, 2.75) is 13.5 Å². The second-order valence-corrected chi connectivity index (χ2v) is 5.39. The Morgan fingerprint density at radius 2 is 1.83 bits per heavy atom. The first-order valence-corrected chi connectivity index (χ1v) is 7.62. The van der Waals surface area contributed by atoms with Crippen LogP contribution in [0.3, 0.4) is 0 Å². The lowest BCUT2D eigenvalue weighted by atomic mass is 10.3. The van der Waals surface area contributed by atoms with Crippen LogP contribution < -0.4 is 14.4 Å². The zero-order valence-electron chi connectivity index (χ0n) is 14.2. The van der Waals surface area contributed by atoms with Crippen LogP contribution in [0.25, 0.3) is 0 Å². The van der Waals surface area contributed by atoms with E-state index in [4.69, 9.17) is 13.9 Å². The summed E-state index contributed by atoms with van der Waals surface area (Å²) in [6, 6.07) is 8.10. The third kappa shape index (κ3) is 5.45. The fraction of sp³-hybridized carbons (Fsp3) is 0.500. The Balaban J connectivity index is 1.81. The lowest BCUT2D eigenvalue weighted by Crippen LogP contribution is -2.24. The molecule has 0 atom stereocenters. The van der Waals surface area contributed by atoms with Crippen LogP contribution in [-0.4, -0.2) is 56.0 Å². The van der Waals surface area contributed by atoms with Crippen LogP contribution in [0.2, 0.25) is 0 Å². The topological polar surface area (TPSA) is 63.9 Å². The Morgan fingerprint density at radius 1 is 1.09 bits per heavy atom. The fourth-order valence-electron chi connectivity index (χ4n) is 1.95. The average molecular weight is 320 g/mol. The summed E-state index contributed by atoms with van der Waals surface area (Å²) in [5, 5.41) is 8.06. The Bertz CT molecular complexity index is 601.